The molecule has 180 valence electrons. The summed E-state index contributed by atoms with van der Waals surface area (Å²) in [5.41, 5.74) is 0.936. The molecule has 0 aliphatic rings. The molecule has 10 heteroatoms. The summed E-state index contributed by atoms with van der Waals surface area (Å²) in [6.45, 7) is 3.57. The van der Waals surface area contributed by atoms with E-state index >= 15 is 0 Å². The van der Waals surface area contributed by atoms with Gasteiger partial charge in [0.2, 0.25) is 11.8 Å². The molecule has 2 amide bonds. The van der Waals surface area contributed by atoms with Crippen molar-refractivity contribution in [2.45, 2.75) is 32.9 Å². The summed E-state index contributed by atoms with van der Waals surface area (Å²) in [7, 11) is -1.38. The Morgan fingerprint density at radius 3 is 2.18 bits per heavy atom. The predicted molar refractivity (Wildman–Crippen MR) is 126 cm³/mol. The minimum absolute atomic E-state index is 0.125. The van der Waals surface area contributed by atoms with Crippen molar-refractivity contribution in [3.63, 3.8) is 0 Å². The molecule has 0 heterocycles. The number of anilines is 1. The van der Waals surface area contributed by atoms with E-state index < -0.39 is 34.5 Å². The van der Waals surface area contributed by atoms with Crippen LogP contribution < -0.4 is 9.62 Å². The first kappa shape index (κ1) is 26.3. The van der Waals surface area contributed by atoms with Crippen molar-refractivity contribution < 1.29 is 22.4 Å². The Hall–Kier alpha value is -2.98. The van der Waals surface area contributed by atoms with Gasteiger partial charge in [-0.15, -0.1) is 0 Å². The molecule has 0 unspecified atom stereocenters. The lowest BCUT2D eigenvalue weighted by Gasteiger charge is -2.32. The number of hydrogen-bond donors (Lipinski definition) is 1. The summed E-state index contributed by atoms with van der Waals surface area (Å²) < 4.78 is 41.3. The van der Waals surface area contributed by atoms with E-state index in [9.17, 15) is 22.4 Å². The van der Waals surface area contributed by atoms with Crippen LogP contribution in [-0.4, -0.2) is 62.7 Å². The number of carbonyl (C=O) groups is 2. The zero-order valence-electron chi connectivity index (χ0n) is 19.4. The number of nitrogens with zero attached hydrogens (tertiary/aromatic N) is 3. The van der Waals surface area contributed by atoms with Gasteiger partial charge >= 0.3 is 10.2 Å². The van der Waals surface area contributed by atoms with Gasteiger partial charge in [0.1, 0.15) is 18.4 Å². The minimum Gasteiger partial charge on any atom is -0.354 e. The normalized spacial score (nSPS) is 12.3. The van der Waals surface area contributed by atoms with E-state index in [1.54, 1.807) is 6.92 Å². The lowest BCUT2D eigenvalue weighted by molar-refractivity contribution is -0.139. The quantitative estimate of drug-likeness (QED) is 0.537. The number of hydrogen-bond acceptors (Lipinski definition) is 4. The number of nitrogens with one attached hydrogen (secondary N) is 1. The molecule has 0 radical (unpaired) electrons. The van der Waals surface area contributed by atoms with Gasteiger partial charge in [0.25, 0.3) is 0 Å². The molecule has 0 aromatic heterocycles. The highest BCUT2D eigenvalue weighted by molar-refractivity contribution is 7.90. The van der Waals surface area contributed by atoms with Crippen molar-refractivity contribution in [1.82, 2.24) is 14.5 Å². The largest absolute Gasteiger partial charge is 0.354 e. The molecule has 0 aliphatic heterocycles. The molecule has 2 aromatic rings. The van der Waals surface area contributed by atoms with Gasteiger partial charge in [-0.25, -0.2) is 8.70 Å². The molecule has 33 heavy (non-hydrogen) atoms. The Morgan fingerprint density at radius 2 is 1.64 bits per heavy atom. The molecule has 1 atom stereocenters. The molecule has 0 aliphatic carbocycles. The molecular weight excluding hydrogens is 447 g/mol. The van der Waals surface area contributed by atoms with Gasteiger partial charge in [-0.2, -0.15) is 12.7 Å². The molecule has 2 rings (SSSR count). The Labute approximate surface area is 195 Å². The fourth-order valence-corrected chi connectivity index (χ4v) is 4.14. The Balaban J connectivity index is 2.40. The average Bonchev–Trinajstić information content (AvgIpc) is 2.80. The van der Waals surface area contributed by atoms with Crippen LogP contribution in [0.4, 0.5) is 10.1 Å². The van der Waals surface area contributed by atoms with E-state index in [0.29, 0.717) is 6.54 Å². The molecule has 1 N–H and O–H groups in total. The Bertz CT molecular complexity index is 1030. The maximum Gasteiger partial charge on any atom is 0.304 e. The maximum atomic E-state index is 13.4. The average molecular weight is 479 g/mol. The first-order valence-electron chi connectivity index (χ1n) is 10.6. The highest BCUT2D eigenvalue weighted by Crippen LogP contribution is 2.21. The summed E-state index contributed by atoms with van der Waals surface area (Å²) in [4.78, 5) is 27.4. The van der Waals surface area contributed by atoms with Crippen LogP contribution in [0.25, 0.3) is 0 Å². The molecule has 0 bridgehead atoms. The topological polar surface area (TPSA) is 90.0 Å². The van der Waals surface area contributed by atoms with Crippen molar-refractivity contribution in [2.75, 3.05) is 31.5 Å². The smallest absolute Gasteiger partial charge is 0.304 e. The van der Waals surface area contributed by atoms with Crippen LogP contribution in [0.3, 0.4) is 0 Å². The van der Waals surface area contributed by atoms with Crippen molar-refractivity contribution in [2.24, 2.45) is 0 Å². The first-order valence-corrected chi connectivity index (χ1v) is 12.0. The molecule has 0 saturated heterocycles. The maximum absolute atomic E-state index is 13.4. The van der Waals surface area contributed by atoms with Crippen LogP contribution in [0.15, 0.2) is 54.6 Å². The summed E-state index contributed by atoms with van der Waals surface area (Å²) in [5, 5.41) is 2.78. The van der Waals surface area contributed by atoms with Gasteiger partial charge in [-0.05, 0) is 43.2 Å². The van der Waals surface area contributed by atoms with E-state index in [4.69, 9.17) is 0 Å². The third-order valence-electron chi connectivity index (χ3n) is 5.05. The van der Waals surface area contributed by atoms with E-state index in [0.717, 1.165) is 32.7 Å². The minimum atomic E-state index is -4.07. The van der Waals surface area contributed by atoms with Gasteiger partial charge in [-0.3, -0.25) is 9.59 Å². The Kier molecular flexibility index (Phi) is 9.36. The number of rotatable bonds is 11. The standard InChI is InChI=1S/C23H31FN4O4S/c1-5-15-25-23(30)18(2)27(16-19-9-7-6-8-10-19)22(29)17-28(33(31,32)26(3)4)21-13-11-20(24)12-14-21/h6-14,18H,5,15-17H2,1-4H3,(H,25,30)/t18-/m0/s1. The van der Waals surface area contributed by atoms with Gasteiger partial charge in [0, 0.05) is 27.2 Å². The number of benzene rings is 2. The fraction of sp³-hybridized carbons (Fsp3) is 0.391. The second-order valence-corrected chi connectivity index (χ2v) is 9.81. The lowest BCUT2D eigenvalue weighted by Crippen LogP contribution is -2.52. The number of carbonyl (C=O) groups excluding carboxylic acids is 2. The predicted octanol–water partition coefficient (Wildman–Crippen LogP) is 2.38. The fourth-order valence-electron chi connectivity index (χ4n) is 3.08. The van der Waals surface area contributed by atoms with Crippen molar-refractivity contribution in [3.8, 4) is 0 Å². The molecule has 8 nitrogen and oxygen atoms in total. The third kappa shape index (κ3) is 7.00. The first-order chi connectivity index (χ1) is 15.6. The second-order valence-electron chi connectivity index (χ2n) is 7.75. The van der Waals surface area contributed by atoms with Gasteiger partial charge in [0.15, 0.2) is 0 Å². The lowest BCUT2D eigenvalue weighted by atomic mass is 10.1. The van der Waals surface area contributed by atoms with Crippen LogP contribution in [0.1, 0.15) is 25.8 Å². The van der Waals surface area contributed by atoms with Gasteiger partial charge in [-0.1, -0.05) is 37.3 Å². The van der Waals surface area contributed by atoms with Crippen molar-refractivity contribution in [3.05, 3.63) is 66.0 Å². The summed E-state index contributed by atoms with van der Waals surface area (Å²) in [6.07, 6.45) is 0.741. The van der Waals surface area contributed by atoms with Crippen molar-refractivity contribution >= 4 is 27.7 Å². The number of halogens is 1. The molecule has 0 saturated carbocycles. The van der Waals surface area contributed by atoms with Crippen LogP contribution in [0.5, 0.6) is 0 Å². The SMILES string of the molecule is CCCNC(=O)[C@H](C)N(Cc1ccccc1)C(=O)CN(c1ccc(F)cc1)S(=O)(=O)N(C)C. The Morgan fingerprint density at radius 1 is 1.03 bits per heavy atom. The van der Waals surface area contributed by atoms with Crippen LogP contribution in [0.2, 0.25) is 0 Å². The van der Waals surface area contributed by atoms with Crippen molar-refractivity contribution in [1.29, 1.82) is 0 Å². The zero-order chi connectivity index (χ0) is 24.6. The molecule has 2 aromatic carbocycles. The molecule has 0 fully saturated rings. The van der Waals surface area contributed by atoms with Crippen LogP contribution >= 0.6 is 0 Å². The van der Waals surface area contributed by atoms with Crippen LogP contribution in [-0.2, 0) is 26.3 Å². The summed E-state index contributed by atoms with van der Waals surface area (Å²) in [6, 6.07) is 13.1. The van der Waals surface area contributed by atoms with E-state index in [1.807, 2.05) is 37.3 Å². The monoisotopic (exact) mass is 478 g/mol. The summed E-state index contributed by atoms with van der Waals surface area (Å²) >= 11 is 0. The highest BCUT2D eigenvalue weighted by atomic mass is 32.2. The van der Waals surface area contributed by atoms with E-state index in [-0.39, 0.29) is 18.1 Å². The molecule has 0 spiro atoms. The van der Waals surface area contributed by atoms with Gasteiger partial charge < -0.3 is 10.2 Å². The molecular formula is C23H31FN4O4S. The zero-order valence-corrected chi connectivity index (χ0v) is 20.2. The third-order valence-corrected chi connectivity index (χ3v) is 6.87. The van der Waals surface area contributed by atoms with E-state index in [1.165, 1.54) is 31.1 Å². The van der Waals surface area contributed by atoms with Gasteiger partial charge in [0.05, 0.1) is 5.69 Å². The van der Waals surface area contributed by atoms with Crippen LogP contribution in [0, 0.1) is 5.82 Å². The second kappa shape index (κ2) is 11.8. The summed E-state index contributed by atoms with van der Waals surface area (Å²) in [5.74, 6) is -1.42. The highest BCUT2D eigenvalue weighted by Gasteiger charge is 2.32. The van der Waals surface area contributed by atoms with E-state index in [2.05, 4.69) is 5.32 Å². The number of amides is 2.